The van der Waals surface area contributed by atoms with Crippen LogP contribution < -0.4 is 16.0 Å². The normalized spacial score (nSPS) is 15.6. The molecule has 1 aliphatic rings. The van der Waals surface area contributed by atoms with Gasteiger partial charge in [0.25, 0.3) is 5.91 Å². The number of hydrogen-bond donors (Lipinski definition) is 4. The van der Waals surface area contributed by atoms with E-state index >= 15 is 0 Å². The highest BCUT2D eigenvalue weighted by molar-refractivity contribution is 5.94. The number of aromatic hydroxyl groups is 1. The fraction of sp³-hybridized carbons (Fsp3) is 0.619. The van der Waals surface area contributed by atoms with Crippen molar-refractivity contribution < 1.29 is 14.6 Å². The lowest BCUT2D eigenvalue weighted by molar-refractivity contribution is 0.0778. The number of methoxy groups -OCH3 is 1. The molecule has 1 amide bonds. The number of nitrogens with zero attached hydrogens (tertiary/aromatic N) is 1. The van der Waals surface area contributed by atoms with Crippen LogP contribution in [-0.4, -0.2) is 56.9 Å². The van der Waals surface area contributed by atoms with Crippen molar-refractivity contribution in [3.8, 4) is 5.75 Å². The summed E-state index contributed by atoms with van der Waals surface area (Å²) in [6.45, 7) is 5.75. The number of nitrogens with one attached hydrogen (secondary N) is 3. The van der Waals surface area contributed by atoms with E-state index in [-0.39, 0.29) is 11.7 Å². The van der Waals surface area contributed by atoms with Gasteiger partial charge in [-0.1, -0.05) is 12.5 Å². The molecule has 4 N–H and O–H groups in total. The number of amides is 1. The molecule has 0 unspecified atom stereocenters. The van der Waals surface area contributed by atoms with Crippen LogP contribution >= 0.6 is 0 Å². The van der Waals surface area contributed by atoms with E-state index in [9.17, 15) is 9.90 Å². The van der Waals surface area contributed by atoms with Crippen molar-refractivity contribution in [1.82, 2.24) is 16.0 Å². The van der Waals surface area contributed by atoms with Crippen molar-refractivity contribution in [3.05, 3.63) is 29.8 Å². The maximum Gasteiger partial charge on any atom is 0.251 e. The summed E-state index contributed by atoms with van der Waals surface area (Å²) in [6.07, 6.45) is 5.57. The van der Waals surface area contributed by atoms with Gasteiger partial charge in [-0.3, -0.25) is 9.79 Å². The first-order valence-electron chi connectivity index (χ1n) is 10.2. The van der Waals surface area contributed by atoms with Crippen LogP contribution in [0.2, 0.25) is 0 Å². The van der Waals surface area contributed by atoms with Gasteiger partial charge in [-0.25, -0.2) is 0 Å². The van der Waals surface area contributed by atoms with Gasteiger partial charge in [-0.2, -0.15) is 0 Å². The third-order valence-electron chi connectivity index (χ3n) is 5.21. The summed E-state index contributed by atoms with van der Waals surface area (Å²) >= 11 is 0. The maximum atomic E-state index is 12.0. The van der Waals surface area contributed by atoms with Gasteiger partial charge in [-0.15, -0.1) is 0 Å². The lowest BCUT2D eigenvalue weighted by Gasteiger charge is -2.40. The molecule has 1 aliphatic carbocycles. The number of benzene rings is 1. The number of guanidine groups is 1. The number of rotatable bonds is 11. The molecule has 0 bridgehead atoms. The van der Waals surface area contributed by atoms with Crippen LogP contribution in [0.25, 0.3) is 0 Å². The van der Waals surface area contributed by atoms with Gasteiger partial charge in [0, 0.05) is 45.5 Å². The fourth-order valence-electron chi connectivity index (χ4n) is 3.32. The average molecular weight is 391 g/mol. The minimum Gasteiger partial charge on any atom is -0.508 e. The number of carbonyl (C=O) groups excluding carboxylic acids is 1. The van der Waals surface area contributed by atoms with Crippen LogP contribution in [0.3, 0.4) is 0 Å². The van der Waals surface area contributed by atoms with E-state index in [4.69, 9.17) is 9.73 Å². The Morgan fingerprint density at radius 3 is 2.68 bits per heavy atom. The summed E-state index contributed by atoms with van der Waals surface area (Å²) < 4.78 is 5.25. The lowest BCUT2D eigenvalue weighted by atomic mass is 9.67. The van der Waals surface area contributed by atoms with E-state index in [1.165, 1.54) is 25.3 Å². The summed E-state index contributed by atoms with van der Waals surface area (Å²) in [5.74, 6) is 0.739. The van der Waals surface area contributed by atoms with Gasteiger partial charge in [0.2, 0.25) is 0 Å². The SMILES string of the molecule is CCNC(=NCC1(CCOC)CCC1)NCCCNC(=O)c1cccc(O)c1. The fourth-order valence-corrected chi connectivity index (χ4v) is 3.32. The van der Waals surface area contributed by atoms with E-state index < -0.39 is 0 Å². The quantitative estimate of drug-likeness (QED) is 0.264. The predicted molar refractivity (Wildman–Crippen MR) is 112 cm³/mol. The minimum atomic E-state index is -0.179. The molecule has 0 saturated heterocycles. The number of carbonyl (C=O) groups is 1. The van der Waals surface area contributed by atoms with E-state index in [0.29, 0.717) is 17.5 Å². The molecule has 0 aliphatic heterocycles. The Morgan fingerprint density at radius 2 is 2.04 bits per heavy atom. The lowest BCUT2D eigenvalue weighted by Crippen LogP contribution is -2.41. The molecule has 1 aromatic carbocycles. The predicted octanol–water partition coefficient (Wildman–Crippen LogP) is 2.27. The first kappa shape index (κ1) is 22.0. The highest BCUT2D eigenvalue weighted by Gasteiger charge is 2.36. The van der Waals surface area contributed by atoms with Crippen LogP contribution in [0.15, 0.2) is 29.3 Å². The Labute approximate surface area is 168 Å². The Hall–Kier alpha value is -2.28. The molecule has 1 fully saturated rings. The molecule has 1 aromatic rings. The minimum absolute atomic E-state index is 0.0931. The van der Waals surface area contributed by atoms with Crippen molar-refractivity contribution in [2.45, 2.75) is 39.0 Å². The Balaban J connectivity index is 1.71. The molecule has 0 heterocycles. The average Bonchev–Trinajstić information content (AvgIpc) is 2.66. The van der Waals surface area contributed by atoms with Gasteiger partial charge in [-0.05, 0) is 56.2 Å². The van der Waals surface area contributed by atoms with Crippen LogP contribution in [0.1, 0.15) is 49.4 Å². The van der Waals surface area contributed by atoms with Gasteiger partial charge in [0.15, 0.2) is 5.96 Å². The highest BCUT2D eigenvalue weighted by atomic mass is 16.5. The molecule has 0 radical (unpaired) electrons. The molecule has 7 heteroatoms. The monoisotopic (exact) mass is 390 g/mol. The summed E-state index contributed by atoms with van der Waals surface area (Å²) in [4.78, 5) is 16.8. The highest BCUT2D eigenvalue weighted by Crippen LogP contribution is 2.44. The molecule has 7 nitrogen and oxygen atoms in total. The second kappa shape index (κ2) is 11.5. The van der Waals surface area contributed by atoms with Gasteiger partial charge < -0.3 is 25.8 Å². The zero-order chi connectivity index (χ0) is 20.2. The van der Waals surface area contributed by atoms with E-state index in [2.05, 4.69) is 22.9 Å². The number of ether oxygens (including phenoxy) is 1. The van der Waals surface area contributed by atoms with Crippen LogP contribution in [0.4, 0.5) is 0 Å². The number of phenolic OH excluding ortho intramolecular Hbond substituents is 1. The maximum absolute atomic E-state index is 12.0. The standard InChI is InChI=1S/C21H34N4O3/c1-3-22-20(25-16-21(9-5-10-21)11-14-28-2)24-13-6-12-23-19(27)17-7-4-8-18(26)15-17/h4,7-8,15,26H,3,5-6,9-14,16H2,1-2H3,(H,23,27)(H2,22,24,25). The third kappa shape index (κ3) is 7.03. The molecular weight excluding hydrogens is 356 g/mol. The van der Waals surface area contributed by atoms with Crippen LogP contribution in [-0.2, 0) is 4.74 Å². The second-order valence-corrected chi connectivity index (χ2v) is 7.38. The largest absolute Gasteiger partial charge is 0.508 e. The Morgan fingerprint density at radius 1 is 1.25 bits per heavy atom. The van der Waals surface area contributed by atoms with Gasteiger partial charge in [0.05, 0.1) is 0 Å². The van der Waals surface area contributed by atoms with Gasteiger partial charge >= 0.3 is 0 Å². The van der Waals surface area contributed by atoms with E-state index in [0.717, 1.165) is 45.0 Å². The van der Waals surface area contributed by atoms with E-state index in [1.807, 2.05) is 0 Å². The first-order valence-corrected chi connectivity index (χ1v) is 10.2. The Kier molecular flexibility index (Phi) is 9.07. The topological polar surface area (TPSA) is 95.0 Å². The number of phenols is 1. The van der Waals surface area contributed by atoms with Crippen molar-refractivity contribution in [3.63, 3.8) is 0 Å². The molecule has 0 aromatic heterocycles. The molecule has 0 atom stereocenters. The zero-order valence-electron chi connectivity index (χ0n) is 17.1. The first-order chi connectivity index (χ1) is 13.6. The Bertz CT molecular complexity index is 644. The molecule has 156 valence electrons. The summed E-state index contributed by atoms with van der Waals surface area (Å²) in [7, 11) is 1.75. The summed E-state index contributed by atoms with van der Waals surface area (Å²) in [5, 5.41) is 18.9. The third-order valence-corrected chi connectivity index (χ3v) is 5.21. The molecule has 28 heavy (non-hydrogen) atoms. The molecular formula is C21H34N4O3. The number of aliphatic imine (C=N–C) groups is 1. The van der Waals surface area contributed by atoms with Crippen molar-refractivity contribution >= 4 is 11.9 Å². The summed E-state index contributed by atoms with van der Waals surface area (Å²) in [6, 6.07) is 6.35. The van der Waals surface area contributed by atoms with Crippen molar-refractivity contribution in [2.75, 3.05) is 39.9 Å². The van der Waals surface area contributed by atoms with Crippen LogP contribution in [0, 0.1) is 5.41 Å². The van der Waals surface area contributed by atoms with Gasteiger partial charge in [0.1, 0.15) is 5.75 Å². The van der Waals surface area contributed by atoms with Crippen molar-refractivity contribution in [1.29, 1.82) is 0 Å². The summed E-state index contributed by atoms with van der Waals surface area (Å²) in [5.41, 5.74) is 0.762. The zero-order valence-corrected chi connectivity index (χ0v) is 17.1. The number of hydrogen-bond acceptors (Lipinski definition) is 4. The second-order valence-electron chi connectivity index (χ2n) is 7.38. The molecule has 1 saturated carbocycles. The van der Waals surface area contributed by atoms with Crippen molar-refractivity contribution in [2.24, 2.45) is 10.4 Å². The molecule has 0 spiro atoms. The van der Waals surface area contributed by atoms with Crippen LogP contribution in [0.5, 0.6) is 5.75 Å². The molecule has 2 rings (SSSR count). The smallest absolute Gasteiger partial charge is 0.251 e. The van der Waals surface area contributed by atoms with E-state index in [1.54, 1.807) is 25.3 Å².